The first kappa shape index (κ1) is 5.27. The maximum absolute atomic E-state index is 10.5. The summed E-state index contributed by atoms with van der Waals surface area (Å²) in [6, 6.07) is 0. The van der Waals surface area contributed by atoms with Gasteiger partial charge in [0, 0.05) is 0 Å². The van der Waals surface area contributed by atoms with Crippen LogP contribution in [0.3, 0.4) is 0 Å². The molecule has 0 heterocycles. The second-order valence-electron chi connectivity index (χ2n) is 3.45. The zero-order chi connectivity index (χ0) is 6.65. The predicted molar refractivity (Wildman–Crippen MR) is 32.0 cm³/mol. The molecule has 1 N–H and O–H groups in total. The largest absolute Gasteiger partial charge is 0.481 e. The minimum absolute atomic E-state index is 0.223. The summed E-state index contributed by atoms with van der Waals surface area (Å²) in [5.41, 5.74) is -0.223. The Balaban J connectivity index is 2.12. The van der Waals surface area contributed by atoms with Crippen molar-refractivity contribution in [1.82, 2.24) is 0 Å². The molecule has 2 nitrogen and oxygen atoms in total. The lowest BCUT2D eigenvalue weighted by atomic mass is 9.76. The van der Waals surface area contributed by atoms with Gasteiger partial charge in [-0.1, -0.05) is 6.92 Å². The molecule has 2 saturated carbocycles. The molecule has 0 bridgehead atoms. The molecule has 0 aromatic rings. The minimum Gasteiger partial charge on any atom is -0.481 e. The molecule has 0 radical (unpaired) electrons. The van der Waals surface area contributed by atoms with Crippen molar-refractivity contribution < 1.29 is 9.90 Å². The van der Waals surface area contributed by atoms with Crippen LogP contribution >= 0.6 is 0 Å². The van der Waals surface area contributed by atoms with Gasteiger partial charge >= 0.3 is 5.97 Å². The van der Waals surface area contributed by atoms with Crippen molar-refractivity contribution in [2.45, 2.75) is 19.8 Å². The maximum Gasteiger partial charge on any atom is 0.309 e. The molecule has 0 saturated heterocycles. The Morgan fingerprint density at radius 3 is 2.44 bits per heavy atom. The van der Waals surface area contributed by atoms with Gasteiger partial charge in [-0.25, -0.2) is 0 Å². The second kappa shape index (κ2) is 1.15. The summed E-state index contributed by atoms with van der Waals surface area (Å²) in [5, 5.41) is 8.65. The maximum atomic E-state index is 10.5. The van der Waals surface area contributed by atoms with Gasteiger partial charge in [-0.2, -0.15) is 0 Å². The summed E-state index contributed by atoms with van der Waals surface area (Å²) in [4.78, 5) is 10.5. The van der Waals surface area contributed by atoms with Crippen LogP contribution in [0.1, 0.15) is 19.8 Å². The third-order valence-electron chi connectivity index (χ3n) is 2.93. The Morgan fingerprint density at radius 1 is 1.67 bits per heavy atom. The first-order valence-corrected chi connectivity index (χ1v) is 3.40. The van der Waals surface area contributed by atoms with Crippen molar-refractivity contribution in [3.8, 4) is 0 Å². The van der Waals surface area contributed by atoms with Gasteiger partial charge in [-0.3, -0.25) is 4.79 Å². The van der Waals surface area contributed by atoms with Gasteiger partial charge in [-0.15, -0.1) is 0 Å². The minimum atomic E-state index is -0.564. The van der Waals surface area contributed by atoms with E-state index < -0.39 is 5.97 Å². The summed E-state index contributed by atoms with van der Waals surface area (Å²) < 4.78 is 0. The van der Waals surface area contributed by atoms with Crippen LogP contribution in [0.15, 0.2) is 0 Å². The van der Waals surface area contributed by atoms with Crippen LogP contribution in [0, 0.1) is 17.3 Å². The molecule has 9 heavy (non-hydrogen) atoms. The van der Waals surface area contributed by atoms with Crippen LogP contribution in [0.5, 0.6) is 0 Å². The number of hydrogen-bond acceptors (Lipinski definition) is 1. The van der Waals surface area contributed by atoms with Crippen LogP contribution in [-0.4, -0.2) is 11.1 Å². The summed E-state index contributed by atoms with van der Waals surface area (Å²) in [5.74, 6) is 0.654. The van der Waals surface area contributed by atoms with Crippen LogP contribution in [0.25, 0.3) is 0 Å². The Labute approximate surface area is 53.9 Å². The Morgan fingerprint density at radius 2 is 2.33 bits per heavy atom. The number of rotatable bonds is 1. The fraction of sp³-hybridized carbons (Fsp3) is 0.857. The van der Waals surface area contributed by atoms with Crippen molar-refractivity contribution in [2.75, 3.05) is 0 Å². The third-order valence-corrected chi connectivity index (χ3v) is 2.93. The Bertz CT molecular complexity index is 176. The van der Waals surface area contributed by atoms with E-state index in [-0.39, 0.29) is 5.41 Å². The zero-order valence-corrected chi connectivity index (χ0v) is 5.42. The normalized spacial score (nSPS) is 53.4. The van der Waals surface area contributed by atoms with E-state index in [2.05, 4.69) is 6.92 Å². The molecule has 2 aliphatic carbocycles. The van der Waals surface area contributed by atoms with E-state index in [9.17, 15) is 4.79 Å². The van der Waals surface area contributed by atoms with Crippen molar-refractivity contribution >= 4 is 5.97 Å². The highest BCUT2D eigenvalue weighted by atomic mass is 16.4. The van der Waals surface area contributed by atoms with Crippen molar-refractivity contribution in [3.05, 3.63) is 0 Å². The van der Waals surface area contributed by atoms with Gasteiger partial charge in [0.15, 0.2) is 0 Å². The van der Waals surface area contributed by atoms with Gasteiger partial charge in [0.1, 0.15) is 0 Å². The topological polar surface area (TPSA) is 37.3 Å². The molecule has 0 spiro atoms. The fourth-order valence-corrected chi connectivity index (χ4v) is 2.20. The predicted octanol–water partition coefficient (Wildman–Crippen LogP) is 1.12. The second-order valence-corrected chi connectivity index (χ2v) is 3.45. The molecule has 3 atom stereocenters. The fourth-order valence-electron chi connectivity index (χ4n) is 2.20. The smallest absolute Gasteiger partial charge is 0.309 e. The molecule has 3 unspecified atom stereocenters. The van der Waals surface area contributed by atoms with E-state index in [1.165, 1.54) is 0 Å². The molecular weight excluding hydrogens is 116 g/mol. The molecule has 0 amide bonds. The lowest BCUT2D eigenvalue weighted by Gasteiger charge is -2.27. The highest BCUT2D eigenvalue weighted by Gasteiger charge is 2.70. The van der Waals surface area contributed by atoms with Crippen LogP contribution < -0.4 is 0 Å². The van der Waals surface area contributed by atoms with Gasteiger partial charge in [-0.05, 0) is 24.7 Å². The van der Waals surface area contributed by atoms with Crippen molar-refractivity contribution in [2.24, 2.45) is 17.3 Å². The molecule has 2 heteroatoms. The lowest BCUT2D eigenvalue weighted by molar-refractivity contribution is -0.148. The highest BCUT2D eigenvalue weighted by molar-refractivity contribution is 5.80. The van der Waals surface area contributed by atoms with E-state index in [1.807, 2.05) is 0 Å². The van der Waals surface area contributed by atoms with Gasteiger partial charge < -0.3 is 5.11 Å². The zero-order valence-electron chi connectivity index (χ0n) is 5.42. The lowest BCUT2D eigenvalue weighted by Crippen LogP contribution is -2.31. The molecule has 0 aliphatic heterocycles. The monoisotopic (exact) mass is 126 g/mol. The van der Waals surface area contributed by atoms with Gasteiger partial charge in [0.05, 0.1) is 5.41 Å². The quantitative estimate of drug-likeness (QED) is 0.571. The van der Waals surface area contributed by atoms with Crippen LogP contribution in [0.2, 0.25) is 0 Å². The first-order chi connectivity index (χ1) is 4.17. The number of hydrogen-bond donors (Lipinski definition) is 1. The first-order valence-electron chi connectivity index (χ1n) is 3.40. The molecule has 50 valence electrons. The standard InChI is InChI=1S/C7H10O2/c1-4-2-7(6(8)9)3-5(4)7/h4-5H,2-3H2,1H3,(H,8,9). The molecule has 2 aliphatic rings. The summed E-state index contributed by atoms with van der Waals surface area (Å²) in [6.07, 6.45) is 1.87. The van der Waals surface area contributed by atoms with E-state index >= 15 is 0 Å². The molecule has 2 fully saturated rings. The number of fused-ring (bicyclic) bond motifs is 1. The average Bonchev–Trinajstić information content (AvgIpc) is 2.36. The van der Waals surface area contributed by atoms with Crippen molar-refractivity contribution in [3.63, 3.8) is 0 Å². The number of carbonyl (C=O) groups is 1. The Hall–Kier alpha value is -0.530. The Kier molecular flexibility index (Phi) is 0.675. The number of carboxylic acids is 1. The van der Waals surface area contributed by atoms with E-state index in [0.29, 0.717) is 11.8 Å². The van der Waals surface area contributed by atoms with Gasteiger partial charge in [0.2, 0.25) is 0 Å². The average molecular weight is 126 g/mol. The molecule has 0 aromatic heterocycles. The number of carboxylic acid groups (broad SMARTS) is 1. The van der Waals surface area contributed by atoms with E-state index in [4.69, 9.17) is 5.11 Å². The number of aliphatic carboxylic acids is 1. The van der Waals surface area contributed by atoms with E-state index in [1.54, 1.807) is 0 Å². The molecule has 0 aromatic carbocycles. The summed E-state index contributed by atoms with van der Waals surface area (Å²) >= 11 is 0. The van der Waals surface area contributed by atoms with Crippen molar-refractivity contribution in [1.29, 1.82) is 0 Å². The third kappa shape index (κ3) is 0.406. The van der Waals surface area contributed by atoms with Crippen LogP contribution in [0.4, 0.5) is 0 Å². The van der Waals surface area contributed by atoms with E-state index in [0.717, 1.165) is 12.8 Å². The molecular formula is C7H10O2. The molecule has 2 rings (SSSR count). The summed E-state index contributed by atoms with van der Waals surface area (Å²) in [7, 11) is 0. The highest BCUT2D eigenvalue weighted by Crippen LogP contribution is 2.70. The summed E-state index contributed by atoms with van der Waals surface area (Å²) in [6.45, 7) is 2.14. The SMILES string of the molecule is CC1CC2(C(=O)O)CC12. The van der Waals surface area contributed by atoms with Gasteiger partial charge in [0.25, 0.3) is 0 Å². The van der Waals surface area contributed by atoms with Crippen LogP contribution in [-0.2, 0) is 4.79 Å².